The van der Waals surface area contributed by atoms with Crippen molar-refractivity contribution in [2.24, 2.45) is 0 Å². The van der Waals surface area contributed by atoms with Crippen molar-refractivity contribution in [1.82, 2.24) is 5.32 Å². The molecule has 114 valence electrons. The number of nitrogens with one attached hydrogen (secondary N) is 2. The van der Waals surface area contributed by atoms with Gasteiger partial charge in [-0.25, -0.2) is 0 Å². The number of ether oxygens (including phenoxy) is 1. The molecule has 1 amide bonds. The van der Waals surface area contributed by atoms with Gasteiger partial charge in [0.2, 0.25) is 0 Å². The van der Waals surface area contributed by atoms with Crippen LogP contribution in [0.3, 0.4) is 0 Å². The summed E-state index contributed by atoms with van der Waals surface area (Å²) in [6.45, 7) is 0. The van der Waals surface area contributed by atoms with Crippen molar-refractivity contribution in [3.05, 3.63) is 58.1 Å². The van der Waals surface area contributed by atoms with Gasteiger partial charge in [0.25, 0.3) is 5.91 Å². The fourth-order valence-electron chi connectivity index (χ4n) is 1.76. The molecule has 0 bridgehead atoms. The molecule has 2 aromatic rings. The van der Waals surface area contributed by atoms with Gasteiger partial charge in [0.05, 0.1) is 28.4 Å². The molecule has 0 fully saturated rings. The molecule has 7 heteroatoms. The van der Waals surface area contributed by atoms with Gasteiger partial charge < -0.3 is 10.1 Å². The van der Waals surface area contributed by atoms with Crippen LogP contribution in [0.4, 0.5) is 5.69 Å². The molecule has 2 aromatic carbocycles. The van der Waals surface area contributed by atoms with Crippen molar-refractivity contribution in [3.8, 4) is 5.75 Å². The Hall–Kier alpha value is -1.82. The Bertz CT molecular complexity index is 702. The fraction of sp³-hybridized carbons (Fsp3) is 0.0667. The Morgan fingerprint density at radius 1 is 1.09 bits per heavy atom. The number of hydrogen-bond acceptors (Lipinski definition) is 3. The fourth-order valence-corrected chi connectivity index (χ4v) is 2.45. The van der Waals surface area contributed by atoms with E-state index in [0.29, 0.717) is 27.0 Å². The van der Waals surface area contributed by atoms with E-state index in [0.717, 1.165) is 0 Å². The summed E-state index contributed by atoms with van der Waals surface area (Å²) in [5.41, 5.74) is 0.815. The lowest BCUT2D eigenvalue weighted by molar-refractivity contribution is 0.0975. The minimum Gasteiger partial charge on any atom is -0.496 e. The molecule has 0 aliphatic rings. The first-order valence-corrected chi connectivity index (χ1v) is 7.38. The van der Waals surface area contributed by atoms with E-state index in [2.05, 4.69) is 10.6 Å². The Kier molecular flexibility index (Phi) is 5.60. The van der Waals surface area contributed by atoms with Crippen LogP contribution in [0.25, 0.3) is 0 Å². The smallest absolute Gasteiger partial charge is 0.261 e. The Labute approximate surface area is 143 Å². The summed E-state index contributed by atoms with van der Waals surface area (Å²) in [4.78, 5) is 12.2. The number of rotatable bonds is 3. The first-order chi connectivity index (χ1) is 10.5. The van der Waals surface area contributed by atoms with Gasteiger partial charge in [-0.05, 0) is 36.5 Å². The second-order valence-corrected chi connectivity index (χ2v) is 5.43. The molecule has 22 heavy (non-hydrogen) atoms. The first kappa shape index (κ1) is 16.5. The highest BCUT2D eigenvalue weighted by molar-refractivity contribution is 7.80. The molecule has 0 saturated carbocycles. The zero-order valence-electron chi connectivity index (χ0n) is 11.5. The van der Waals surface area contributed by atoms with Crippen LogP contribution in [0.5, 0.6) is 5.75 Å². The van der Waals surface area contributed by atoms with E-state index in [9.17, 15) is 4.79 Å². The summed E-state index contributed by atoms with van der Waals surface area (Å²) in [6, 6.07) is 11.9. The van der Waals surface area contributed by atoms with Crippen molar-refractivity contribution in [1.29, 1.82) is 0 Å². The van der Waals surface area contributed by atoms with Crippen molar-refractivity contribution in [2.45, 2.75) is 0 Å². The Morgan fingerprint density at radius 3 is 2.36 bits per heavy atom. The molecular weight excluding hydrogens is 343 g/mol. The quantitative estimate of drug-likeness (QED) is 0.813. The first-order valence-electron chi connectivity index (χ1n) is 6.22. The average Bonchev–Trinajstić information content (AvgIpc) is 2.51. The summed E-state index contributed by atoms with van der Waals surface area (Å²) < 4.78 is 5.14. The zero-order chi connectivity index (χ0) is 16.1. The molecule has 4 nitrogen and oxygen atoms in total. The van der Waals surface area contributed by atoms with Gasteiger partial charge in [0.15, 0.2) is 5.11 Å². The van der Waals surface area contributed by atoms with Crippen LogP contribution in [-0.2, 0) is 0 Å². The number of hydrogen-bond donors (Lipinski definition) is 2. The predicted octanol–water partition coefficient (Wildman–Crippen LogP) is 4.13. The molecule has 0 spiro atoms. The average molecular weight is 355 g/mol. The van der Waals surface area contributed by atoms with Crippen molar-refractivity contribution >= 4 is 52.1 Å². The normalized spacial score (nSPS) is 9.95. The lowest BCUT2D eigenvalue weighted by Gasteiger charge is -2.13. The molecule has 0 radical (unpaired) electrons. The molecule has 0 aromatic heterocycles. The van der Waals surface area contributed by atoms with Gasteiger partial charge in [0, 0.05) is 0 Å². The molecule has 0 atom stereocenters. The Balaban J connectivity index is 2.11. The van der Waals surface area contributed by atoms with Crippen LogP contribution in [0.2, 0.25) is 10.0 Å². The van der Waals surface area contributed by atoms with Crippen LogP contribution in [0, 0.1) is 0 Å². The number of amides is 1. The largest absolute Gasteiger partial charge is 0.496 e. The third-order valence-electron chi connectivity index (χ3n) is 2.78. The summed E-state index contributed by atoms with van der Waals surface area (Å²) in [5.74, 6) is 0.0664. The van der Waals surface area contributed by atoms with Gasteiger partial charge in [-0.2, -0.15) is 0 Å². The molecule has 2 N–H and O–H groups in total. The van der Waals surface area contributed by atoms with Crippen molar-refractivity contribution in [2.75, 3.05) is 12.4 Å². The standard InChI is InChI=1S/C15H12Cl2N2O2S/c1-21-12-8-3-2-5-9(12)14(20)19-15(22)18-13-10(16)6-4-7-11(13)17/h2-8H,1H3,(H2,18,19,20,22). The van der Waals surface area contributed by atoms with Crippen LogP contribution in [0.15, 0.2) is 42.5 Å². The van der Waals surface area contributed by atoms with Crippen LogP contribution in [0.1, 0.15) is 10.4 Å². The molecule has 0 aliphatic carbocycles. The summed E-state index contributed by atoms with van der Waals surface area (Å²) >= 11 is 17.2. The van der Waals surface area contributed by atoms with E-state index >= 15 is 0 Å². The van der Waals surface area contributed by atoms with E-state index in [-0.39, 0.29) is 5.11 Å². The number of para-hydroxylation sites is 2. The number of halogens is 2. The predicted molar refractivity (Wildman–Crippen MR) is 93.1 cm³/mol. The topological polar surface area (TPSA) is 50.4 Å². The van der Waals surface area contributed by atoms with Crippen molar-refractivity contribution in [3.63, 3.8) is 0 Å². The minimum absolute atomic E-state index is 0.0888. The molecule has 0 aliphatic heterocycles. The monoisotopic (exact) mass is 354 g/mol. The molecular formula is C15H12Cl2N2O2S. The molecule has 0 saturated heterocycles. The van der Waals surface area contributed by atoms with Gasteiger partial charge >= 0.3 is 0 Å². The van der Waals surface area contributed by atoms with E-state index in [1.54, 1.807) is 42.5 Å². The number of anilines is 1. The van der Waals surface area contributed by atoms with E-state index in [1.807, 2.05) is 0 Å². The highest BCUT2D eigenvalue weighted by Crippen LogP contribution is 2.29. The third kappa shape index (κ3) is 3.88. The molecule has 0 heterocycles. The van der Waals surface area contributed by atoms with Crippen LogP contribution in [-0.4, -0.2) is 18.1 Å². The maximum absolute atomic E-state index is 12.2. The van der Waals surface area contributed by atoms with Gasteiger partial charge in [-0.3, -0.25) is 10.1 Å². The highest BCUT2D eigenvalue weighted by Gasteiger charge is 2.14. The molecule has 2 rings (SSSR count). The maximum atomic E-state index is 12.2. The second-order valence-electron chi connectivity index (χ2n) is 4.21. The number of carbonyl (C=O) groups excluding carboxylic acids is 1. The van der Waals surface area contributed by atoms with Gasteiger partial charge in [-0.1, -0.05) is 41.4 Å². The van der Waals surface area contributed by atoms with Gasteiger partial charge in [0.1, 0.15) is 5.75 Å². The van der Waals surface area contributed by atoms with Gasteiger partial charge in [-0.15, -0.1) is 0 Å². The van der Waals surface area contributed by atoms with Crippen LogP contribution < -0.4 is 15.4 Å². The lowest BCUT2D eigenvalue weighted by atomic mass is 10.2. The summed E-state index contributed by atoms with van der Waals surface area (Å²) in [5, 5.41) is 6.27. The summed E-state index contributed by atoms with van der Waals surface area (Å²) in [6.07, 6.45) is 0. The highest BCUT2D eigenvalue weighted by atomic mass is 35.5. The third-order valence-corrected chi connectivity index (χ3v) is 3.61. The number of benzene rings is 2. The lowest BCUT2D eigenvalue weighted by Crippen LogP contribution is -2.34. The van der Waals surface area contributed by atoms with Crippen molar-refractivity contribution < 1.29 is 9.53 Å². The van der Waals surface area contributed by atoms with E-state index in [4.69, 9.17) is 40.2 Å². The number of methoxy groups -OCH3 is 1. The SMILES string of the molecule is COc1ccccc1C(=O)NC(=S)Nc1c(Cl)cccc1Cl. The summed E-state index contributed by atoms with van der Waals surface area (Å²) in [7, 11) is 1.49. The Morgan fingerprint density at radius 2 is 1.73 bits per heavy atom. The second kappa shape index (κ2) is 7.45. The van der Waals surface area contributed by atoms with E-state index in [1.165, 1.54) is 7.11 Å². The number of carbonyl (C=O) groups is 1. The minimum atomic E-state index is -0.391. The zero-order valence-corrected chi connectivity index (χ0v) is 13.9. The van der Waals surface area contributed by atoms with Crippen LogP contribution >= 0.6 is 35.4 Å². The molecule has 0 unspecified atom stereocenters. The van der Waals surface area contributed by atoms with E-state index < -0.39 is 5.91 Å². The maximum Gasteiger partial charge on any atom is 0.261 e. The number of thiocarbonyl (C=S) groups is 1.